The monoisotopic (exact) mass is 306 g/mol. The molecule has 4 heteroatoms. The number of nitrogens with one attached hydrogen (secondary N) is 1. The number of unbranched alkanes of at least 4 members (excludes halogenated alkanes) is 1. The number of aryl methyl sites for hydroxylation is 1. The second-order valence-corrected chi connectivity index (χ2v) is 6.60. The van der Waals surface area contributed by atoms with Crippen LogP contribution in [0.15, 0.2) is 24.3 Å². The van der Waals surface area contributed by atoms with Gasteiger partial charge >= 0.3 is 0 Å². The maximum Gasteiger partial charge on any atom is 0.241 e. The van der Waals surface area contributed by atoms with Crippen molar-refractivity contribution in [1.29, 1.82) is 0 Å². The lowest BCUT2D eigenvalue weighted by atomic mass is 10.1. The van der Waals surface area contributed by atoms with E-state index in [9.17, 15) is 4.79 Å². The third kappa shape index (κ3) is 4.01. The number of benzene rings is 1. The summed E-state index contributed by atoms with van der Waals surface area (Å²) in [4.78, 5) is 14.3. The molecular weight excluding hydrogens is 280 g/mol. The van der Waals surface area contributed by atoms with Gasteiger partial charge in [-0.15, -0.1) is 0 Å². The van der Waals surface area contributed by atoms with Gasteiger partial charge in [0.15, 0.2) is 0 Å². The van der Waals surface area contributed by atoms with E-state index in [1.807, 2.05) is 23.6 Å². The maximum atomic E-state index is 12.3. The maximum absolute atomic E-state index is 12.3. The predicted molar refractivity (Wildman–Crippen MR) is 90.5 cm³/mol. The average molecular weight is 306 g/mol. The molecule has 1 amide bonds. The van der Waals surface area contributed by atoms with Crippen LogP contribution in [-0.4, -0.2) is 35.4 Å². The van der Waals surface area contributed by atoms with Gasteiger partial charge in [-0.25, -0.2) is 0 Å². The molecule has 2 unspecified atom stereocenters. The van der Waals surface area contributed by atoms with Gasteiger partial charge in [-0.2, -0.15) is 11.8 Å². The summed E-state index contributed by atoms with van der Waals surface area (Å²) >= 11 is 1.87. The van der Waals surface area contributed by atoms with Crippen molar-refractivity contribution in [2.24, 2.45) is 0 Å². The Labute approximate surface area is 132 Å². The zero-order chi connectivity index (χ0) is 15.2. The standard InChI is InChI=1S/C17H26N2OS/c1-4-14-7-9-15(10-8-14)16-18-13(2)17(20)19(16)11-5-6-12-21-3/h7-10,13,16,18H,4-6,11-12H2,1-3H3. The number of amides is 1. The van der Waals surface area contributed by atoms with E-state index in [2.05, 4.69) is 42.8 Å². The fourth-order valence-electron chi connectivity index (χ4n) is 2.75. The molecule has 21 heavy (non-hydrogen) atoms. The van der Waals surface area contributed by atoms with Crippen molar-refractivity contribution in [2.45, 2.75) is 45.3 Å². The summed E-state index contributed by atoms with van der Waals surface area (Å²) in [6.07, 6.45) is 5.45. The number of hydrogen-bond acceptors (Lipinski definition) is 3. The fraction of sp³-hybridized carbons (Fsp3) is 0.588. The third-order valence-electron chi connectivity index (χ3n) is 4.07. The molecule has 0 radical (unpaired) electrons. The van der Waals surface area contributed by atoms with Crippen molar-refractivity contribution >= 4 is 17.7 Å². The number of rotatable bonds is 7. The van der Waals surface area contributed by atoms with E-state index in [4.69, 9.17) is 0 Å². The molecule has 0 spiro atoms. The smallest absolute Gasteiger partial charge is 0.241 e. The summed E-state index contributed by atoms with van der Waals surface area (Å²) in [5, 5.41) is 3.42. The van der Waals surface area contributed by atoms with Gasteiger partial charge in [0.25, 0.3) is 0 Å². The van der Waals surface area contributed by atoms with Gasteiger partial charge < -0.3 is 4.90 Å². The van der Waals surface area contributed by atoms with Gasteiger partial charge in [-0.3, -0.25) is 10.1 Å². The van der Waals surface area contributed by atoms with Crippen molar-refractivity contribution in [3.8, 4) is 0 Å². The van der Waals surface area contributed by atoms with Gasteiger partial charge in [0.1, 0.15) is 6.17 Å². The van der Waals surface area contributed by atoms with E-state index in [-0.39, 0.29) is 18.1 Å². The van der Waals surface area contributed by atoms with E-state index in [0.29, 0.717) is 0 Å². The molecular formula is C17H26N2OS. The van der Waals surface area contributed by atoms with Crippen LogP contribution in [0.5, 0.6) is 0 Å². The highest BCUT2D eigenvalue weighted by Gasteiger charge is 2.36. The first-order chi connectivity index (χ1) is 10.2. The summed E-state index contributed by atoms with van der Waals surface area (Å²) in [5.41, 5.74) is 2.53. The highest BCUT2D eigenvalue weighted by molar-refractivity contribution is 7.98. The number of nitrogens with zero attached hydrogens (tertiary/aromatic N) is 1. The molecule has 1 aromatic carbocycles. The molecule has 2 atom stereocenters. The van der Waals surface area contributed by atoms with Crippen molar-refractivity contribution in [3.05, 3.63) is 35.4 Å². The largest absolute Gasteiger partial charge is 0.322 e. The van der Waals surface area contributed by atoms with Crippen LogP contribution < -0.4 is 5.32 Å². The van der Waals surface area contributed by atoms with Crippen LogP contribution in [0.1, 0.15) is 44.0 Å². The molecule has 1 fully saturated rings. The molecule has 0 bridgehead atoms. The van der Waals surface area contributed by atoms with Gasteiger partial charge in [-0.05, 0) is 49.3 Å². The van der Waals surface area contributed by atoms with Crippen molar-refractivity contribution in [3.63, 3.8) is 0 Å². The first kappa shape index (κ1) is 16.4. The van der Waals surface area contributed by atoms with E-state index in [0.717, 1.165) is 19.4 Å². The SMILES string of the molecule is CCc1ccc(C2NC(C)C(=O)N2CCCCSC)cc1. The van der Waals surface area contributed by atoms with Crippen molar-refractivity contribution < 1.29 is 4.79 Å². The minimum Gasteiger partial charge on any atom is -0.322 e. The van der Waals surface area contributed by atoms with Crippen LogP contribution in [0.25, 0.3) is 0 Å². The number of hydrogen-bond donors (Lipinski definition) is 1. The summed E-state index contributed by atoms with van der Waals surface area (Å²) in [7, 11) is 0. The molecule has 2 rings (SSSR count). The molecule has 1 heterocycles. The lowest BCUT2D eigenvalue weighted by Crippen LogP contribution is -2.31. The Kier molecular flexibility index (Phi) is 6.12. The molecule has 1 N–H and O–H groups in total. The lowest BCUT2D eigenvalue weighted by molar-refractivity contribution is -0.129. The van der Waals surface area contributed by atoms with Gasteiger partial charge in [-0.1, -0.05) is 31.2 Å². The van der Waals surface area contributed by atoms with Crippen LogP contribution >= 0.6 is 11.8 Å². The highest BCUT2D eigenvalue weighted by Crippen LogP contribution is 2.26. The number of carbonyl (C=O) groups excluding carboxylic acids is 1. The topological polar surface area (TPSA) is 32.3 Å². The molecule has 0 aromatic heterocycles. The Morgan fingerprint density at radius 2 is 1.95 bits per heavy atom. The van der Waals surface area contributed by atoms with Crippen LogP contribution in [0.2, 0.25) is 0 Å². The second kappa shape index (κ2) is 7.85. The summed E-state index contributed by atoms with van der Waals surface area (Å²) < 4.78 is 0. The molecule has 1 saturated heterocycles. The number of thioether (sulfide) groups is 1. The predicted octanol–water partition coefficient (Wildman–Crippen LogP) is 3.21. The van der Waals surface area contributed by atoms with Crippen LogP contribution in [0, 0.1) is 0 Å². The van der Waals surface area contributed by atoms with Crippen molar-refractivity contribution in [2.75, 3.05) is 18.6 Å². The van der Waals surface area contributed by atoms with Crippen LogP contribution in [-0.2, 0) is 11.2 Å². The van der Waals surface area contributed by atoms with Gasteiger partial charge in [0, 0.05) is 6.54 Å². The Morgan fingerprint density at radius 3 is 2.57 bits per heavy atom. The summed E-state index contributed by atoms with van der Waals surface area (Å²) in [6.45, 7) is 4.96. The zero-order valence-electron chi connectivity index (χ0n) is 13.3. The summed E-state index contributed by atoms with van der Waals surface area (Å²) in [6, 6.07) is 8.54. The Balaban J connectivity index is 2.05. The first-order valence-corrected chi connectivity index (χ1v) is 9.21. The minimum atomic E-state index is -0.0820. The lowest BCUT2D eigenvalue weighted by Gasteiger charge is -2.24. The van der Waals surface area contributed by atoms with Crippen molar-refractivity contribution in [1.82, 2.24) is 10.2 Å². The zero-order valence-corrected chi connectivity index (χ0v) is 14.1. The van der Waals surface area contributed by atoms with Gasteiger partial charge in [0.05, 0.1) is 6.04 Å². The quantitative estimate of drug-likeness (QED) is 0.785. The second-order valence-electron chi connectivity index (χ2n) is 5.62. The Morgan fingerprint density at radius 1 is 1.24 bits per heavy atom. The van der Waals surface area contributed by atoms with Crippen LogP contribution in [0.4, 0.5) is 0 Å². The normalized spacial score (nSPS) is 22.0. The first-order valence-electron chi connectivity index (χ1n) is 7.81. The van der Waals surface area contributed by atoms with E-state index >= 15 is 0 Å². The molecule has 0 aliphatic carbocycles. The molecule has 116 valence electrons. The summed E-state index contributed by atoms with van der Waals surface area (Å²) in [5.74, 6) is 1.39. The molecule has 3 nitrogen and oxygen atoms in total. The minimum absolute atomic E-state index is 0.0349. The molecule has 1 aliphatic rings. The average Bonchev–Trinajstić information content (AvgIpc) is 2.80. The van der Waals surface area contributed by atoms with Gasteiger partial charge in [0.2, 0.25) is 5.91 Å². The van der Waals surface area contributed by atoms with E-state index in [1.54, 1.807) is 0 Å². The van der Waals surface area contributed by atoms with E-state index < -0.39 is 0 Å². The third-order valence-corrected chi connectivity index (χ3v) is 4.77. The highest BCUT2D eigenvalue weighted by atomic mass is 32.2. The fourth-order valence-corrected chi connectivity index (χ4v) is 3.25. The van der Waals surface area contributed by atoms with E-state index in [1.165, 1.54) is 23.3 Å². The molecule has 1 aromatic rings. The Bertz CT molecular complexity index is 460. The number of carbonyl (C=O) groups is 1. The Hall–Kier alpha value is -1.00. The molecule has 1 aliphatic heterocycles. The molecule has 0 saturated carbocycles. The van der Waals surface area contributed by atoms with Crippen LogP contribution in [0.3, 0.4) is 0 Å².